The number of hydrogen-bond acceptors (Lipinski definition) is 2. The van der Waals surface area contributed by atoms with Crippen LogP contribution in [0.15, 0.2) is 24.3 Å². The van der Waals surface area contributed by atoms with Crippen LogP contribution in [0.5, 0.6) is 5.75 Å². The van der Waals surface area contributed by atoms with Crippen LogP contribution in [-0.4, -0.2) is 12.4 Å². The van der Waals surface area contributed by atoms with E-state index in [1.54, 1.807) is 0 Å². The zero-order chi connectivity index (χ0) is 19.2. The van der Waals surface area contributed by atoms with Crippen LogP contribution in [0.4, 0.5) is 0 Å². The zero-order valence-electron chi connectivity index (χ0n) is 18.0. The lowest BCUT2D eigenvalue weighted by Crippen LogP contribution is -2.54. The molecule has 150 valence electrons. The van der Waals surface area contributed by atoms with E-state index in [1.165, 1.54) is 44.1 Å². The van der Waals surface area contributed by atoms with Gasteiger partial charge in [0, 0.05) is 5.41 Å². The van der Waals surface area contributed by atoms with Gasteiger partial charge < -0.3 is 9.47 Å². The van der Waals surface area contributed by atoms with E-state index in [0.717, 1.165) is 29.9 Å². The highest BCUT2D eigenvalue weighted by Crippen LogP contribution is 2.62. The summed E-state index contributed by atoms with van der Waals surface area (Å²) in [6, 6.07) is 8.80. The van der Waals surface area contributed by atoms with Crippen molar-refractivity contribution in [3.05, 3.63) is 29.8 Å². The number of ether oxygens (including phenoxy) is 2. The van der Waals surface area contributed by atoms with Gasteiger partial charge in [-0.05, 0) is 99.7 Å². The highest BCUT2D eigenvalue weighted by atomic mass is 16.7. The molecule has 0 aliphatic heterocycles. The molecule has 0 amide bonds. The summed E-state index contributed by atoms with van der Waals surface area (Å²) < 4.78 is 13.0. The summed E-state index contributed by atoms with van der Waals surface area (Å²) >= 11 is 0. The van der Waals surface area contributed by atoms with E-state index >= 15 is 0 Å². The summed E-state index contributed by atoms with van der Waals surface area (Å²) in [7, 11) is 0. The maximum Gasteiger partial charge on any atom is 0.205 e. The molecule has 2 nitrogen and oxygen atoms in total. The average Bonchev–Trinajstić information content (AvgIpc) is 2.60. The van der Waals surface area contributed by atoms with Gasteiger partial charge in [0.05, 0.1) is 6.10 Å². The molecule has 5 rings (SSSR count). The number of hydrogen-bond donors (Lipinski definition) is 0. The van der Waals surface area contributed by atoms with Gasteiger partial charge in [-0.3, -0.25) is 0 Å². The van der Waals surface area contributed by atoms with E-state index < -0.39 is 0 Å². The topological polar surface area (TPSA) is 18.5 Å². The lowest BCUT2D eigenvalue weighted by atomic mass is 9.49. The zero-order valence-corrected chi connectivity index (χ0v) is 18.0. The second kappa shape index (κ2) is 7.10. The van der Waals surface area contributed by atoms with Crippen molar-refractivity contribution in [2.24, 2.45) is 23.2 Å². The van der Waals surface area contributed by atoms with Crippen LogP contribution in [0.25, 0.3) is 0 Å². The minimum absolute atomic E-state index is 0.101. The molecule has 0 aromatic heterocycles. The molecule has 1 unspecified atom stereocenters. The maximum atomic E-state index is 6.59. The average molecular weight is 371 g/mol. The fraction of sp³-hybridized carbons (Fsp3) is 0.760. The van der Waals surface area contributed by atoms with E-state index in [4.69, 9.17) is 9.47 Å². The second-order valence-electron chi connectivity index (χ2n) is 10.7. The molecule has 4 bridgehead atoms. The largest absolute Gasteiger partial charge is 0.464 e. The van der Waals surface area contributed by atoms with Crippen LogP contribution in [0.2, 0.25) is 0 Å². The number of benzene rings is 1. The Balaban J connectivity index is 1.55. The van der Waals surface area contributed by atoms with Crippen molar-refractivity contribution >= 4 is 0 Å². The number of rotatable bonds is 7. The van der Waals surface area contributed by atoms with Gasteiger partial charge in [-0.2, -0.15) is 0 Å². The van der Waals surface area contributed by atoms with Crippen molar-refractivity contribution < 1.29 is 9.47 Å². The third-order valence-corrected chi connectivity index (χ3v) is 7.74. The predicted octanol–water partition coefficient (Wildman–Crippen LogP) is 6.72. The van der Waals surface area contributed by atoms with Gasteiger partial charge in [-0.1, -0.05) is 32.9 Å². The third kappa shape index (κ3) is 3.79. The Kier molecular flexibility index (Phi) is 5.08. The Hall–Kier alpha value is -1.02. The van der Waals surface area contributed by atoms with E-state index in [0.29, 0.717) is 0 Å². The highest BCUT2D eigenvalue weighted by molar-refractivity contribution is 5.31. The smallest absolute Gasteiger partial charge is 0.205 e. The first-order valence-corrected chi connectivity index (χ1v) is 11.2. The Morgan fingerprint density at radius 2 is 1.48 bits per heavy atom. The van der Waals surface area contributed by atoms with Gasteiger partial charge in [-0.25, -0.2) is 0 Å². The lowest BCUT2D eigenvalue weighted by Gasteiger charge is -2.58. The van der Waals surface area contributed by atoms with Crippen LogP contribution < -0.4 is 4.74 Å². The molecule has 1 aromatic rings. The lowest BCUT2D eigenvalue weighted by molar-refractivity contribution is -0.227. The summed E-state index contributed by atoms with van der Waals surface area (Å²) in [6.07, 6.45) is 9.50. The molecule has 0 heterocycles. The SMILES string of the molecule is CCC(C)(C)c1ccc(OC(OC(C)C)C23CC4CC(CC(C4)C2)C3)cc1. The van der Waals surface area contributed by atoms with Gasteiger partial charge in [0.15, 0.2) is 0 Å². The molecule has 0 saturated heterocycles. The maximum absolute atomic E-state index is 6.59. The molecule has 27 heavy (non-hydrogen) atoms. The summed E-state index contributed by atoms with van der Waals surface area (Å²) in [5.41, 5.74) is 1.83. The van der Waals surface area contributed by atoms with Gasteiger partial charge in [-0.15, -0.1) is 0 Å². The summed E-state index contributed by atoms with van der Waals surface area (Å²) in [5, 5.41) is 0. The van der Waals surface area contributed by atoms with Gasteiger partial charge in [0.25, 0.3) is 0 Å². The molecule has 2 heteroatoms. The second-order valence-corrected chi connectivity index (χ2v) is 10.7. The molecule has 0 spiro atoms. The molecular weight excluding hydrogens is 332 g/mol. The molecule has 4 fully saturated rings. The standard InChI is InChI=1S/C25H38O2/c1-6-24(4,5)21-7-9-22(10-8-21)27-23(26-17(2)3)25-14-18-11-19(15-25)13-20(12-18)16-25/h7-10,17-20,23H,6,11-16H2,1-5H3. The molecule has 4 aliphatic rings. The molecule has 0 N–H and O–H groups in total. The van der Waals surface area contributed by atoms with Crippen molar-refractivity contribution in [3.8, 4) is 5.75 Å². The van der Waals surface area contributed by atoms with Gasteiger partial charge in [0.1, 0.15) is 5.75 Å². The van der Waals surface area contributed by atoms with Crippen molar-refractivity contribution in [2.75, 3.05) is 0 Å². The predicted molar refractivity (Wildman–Crippen MR) is 111 cm³/mol. The van der Waals surface area contributed by atoms with Gasteiger partial charge in [0.2, 0.25) is 6.29 Å². The Labute approximate surface area is 166 Å². The third-order valence-electron chi connectivity index (χ3n) is 7.74. The van der Waals surface area contributed by atoms with Crippen LogP contribution in [0, 0.1) is 23.2 Å². The summed E-state index contributed by atoms with van der Waals surface area (Å²) in [4.78, 5) is 0. The molecule has 1 aromatic carbocycles. The van der Waals surface area contributed by atoms with Crippen LogP contribution in [0.3, 0.4) is 0 Å². The van der Waals surface area contributed by atoms with E-state index in [9.17, 15) is 0 Å². The van der Waals surface area contributed by atoms with Gasteiger partial charge >= 0.3 is 0 Å². The summed E-state index contributed by atoms with van der Waals surface area (Å²) in [5.74, 6) is 3.69. The van der Waals surface area contributed by atoms with E-state index in [2.05, 4.69) is 58.9 Å². The van der Waals surface area contributed by atoms with E-state index in [-0.39, 0.29) is 23.2 Å². The Morgan fingerprint density at radius 3 is 1.93 bits per heavy atom. The van der Waals surface area contributed by atoms with Crippen LogP contribution in [0.1, 0.15) is 85.1 Å². The monoisotopic (exact) mass is 370 g/mol. The Morgan fingerprint density at radius 1 is 0.963 bits per heavy atom. The van der Waals surface area contributed by atoms with Crippen LogP contribution in [-0.2, 0) is 10.2 Å². The molecular formula is C25H38O2. The Bertz CT molecular complexity index is 608. The molecule has 0 radical (unpaired) electrons. The normalized spacial score (nSPS) is 33.5. The van der Waals surface area contributed by atoms with Crippen LogP contribution >= 0.6 is 0 Å². The first-order chi connectivity index (χ1) is 12.8. The van der Waals surface area contributed by atoms with Crippen molar-refractivity contribution in [3.63, 3.8) is 0 Å². The summed E-state index contributed by atoms with van der Waals surface area (Å²) in [6.45, 7) is 11.2. The fourth-order valence-electron chi connectivity index (χ4n) is 6.32. The van der Waals surface area contributed by atoms with Crippen molar-refractivity contribution in [1.29, 1.82) is 0 Å². The minimum atomic E-state index is -0.101. The minimum Gasteiger partial charge on any atom is -0.464 e. The fourth-order valence-corrected chi connectivity index (χ4v) is 6.32. The van der Waals surface area contributed by atoms with Crippen molar-refractivity contribution in [2.45, 2.75) is 97.4 Å². The molecule has 4 saturated carbocycles. The van der Waals surface area contributed by atoms with E-state index in [1.807, 2.05) is 0 Å². The quantitative estimate of drug-likeness (QED) is 0.496. The first kappa shape index (κ1) is 19.3. The molecule has 4 aliphatic carbocycles. The highest BCUT2D eigenvalue weighted by Gasteiger charge is 2.56. The first-order valence-electron chi connectivity index (χ1n) is 11.2. The van der Waals surface area contributed by atoms with Crippen molar-refractivity contribution in [1.82, 2.24) is 0 Å². The molecule has 1 atom stereocenters.